The number of rotatable bonds is 4. The van der Waals surface area contributed by atoms with Gasteiger partial charge in [0.05, 0.1) is 7.11 Å². The molecule has 0 spiro atoms. The Labute approximate surface area is 139 Å². The largest absolute Gasteiger partial charge is 0.481 e. The summed E-state index contributed by atoms with van der Waals surface area (Å²) in [5.74, 6) is 0.446. The average molecular weight is 332 g/mol. The zero-order chi connectivity index (χ0) is 16.9. The maximum absolute atomic E-state index is 12.3. The van der Waals surface area contributed by atoms with E-state index < -0.39 is 11.4 Å². The Morgan fingerprint density at radius 1 is 1.29 bits per heavy atom. The lowest BCUT2D eigenvalue weighted by Crippen LogP contribution is -2.42. The van der Waals surface area contributed by atoms with Crippen molar-refractivity contribution in [3.8, 4) is 5.88 Å². The van der Waals surface area contributed by atoms with Crippen LogP contribution in [-0.4, -0.2) is 65.1 Å². The smallest absolute Gasteiger partial charge is 0.313 e. The fourth-order valence-electron chi connectivity index (χ4n) is 3.91. The molecule has 4 rings (SSSR count). The topological polar surface area (TPSA) is 95.9 Å². The average Bonchev–Trinajstić information content (AvgIpc) is 3.26. The highest BCUT2D eigenvalue weighted by molar-refractivity contribution is 5.85. The molecule has 0 unspecified atom stereocenters. The van der Waals surface area contributed by atoms with E-state index in [0.29, 0.717) is 37.9 Å². The summed E-state index contributed by atoms with van der Waals surface area (Å²) in [6.07, 6.45) is 3.29. The number of methoxy groups -OCH3 is 1. The number of nitrogens with zero attached hydrogens (tertiary/aromatic N) is 4. The van der Waals surface area contributed by atoms with Crippen molar-refractivity contribution in [2.24, 2.45) is 17.3 Å². The first kappa shape index (κ1) is 15.2. The maximum atomic E-state index is 12.3. The quantitative estimate of drug-likeness (QED) is 0.844. The molecule has 0 aromatic carbocycles. The minimum absolute atomic E-state index is 0.0846. The van der Waals surface area contributed by atoms with Crippen LogP contribution in [-0.2, 0) is 9.59 Å². The normalized spacial score (nSPS) is 28.8. The molecule has 0 radical (unpaired) electrons. The van der Waals surface area contributed by atoms with E-state index >= 15 is 0 Å². The number of carboxylic acids is 1. The highest BCUT2D eigenvalue weighted by atomic mass is 16.5. The van der Waals surface area contributed by atoms with E-state index in [2.05, 4.69) is 9.97 Å². The van der Waals surface area contributed by atoms with Crippen molar-refractivity contribution >= 4 is 17.7 Å². The standard InChI is InChI=1S/C16H20N4O4/c1-24-13-4-12(17-9-18-13)19-5-11-6-20(14(21)10-2-3-10)8-16(11,7-19)15(22)23/h4,9-11H,2-3,5-8H2,1H3,(H,22,23)/t11-,16-/m1/s1. The van der Waals surface area contributed by atoms with Crippen LogP contribution in [0.15, 0.2) is 12.4 Å². The summed E-state index contributed by atoms with van der Waals surface area (Å²) in [6, 6.07) is 1.71. The number of carbonyl (C=O) groups is 2. The number of aliphatic carboxylic acids is 1. The van der Waals surface area contributed by atoms with E-state index in [-0.39, 0.29) is 17.7 Å². The third-order valence-electron chi connectivity index (χ3n) is 5.43. The molecule has 1 aliphatic carbocycles. The SMILES string of the molecule is COc1cc(N2C[C@@H]3CN(C(=O)C4CC4)C[C@]3(C(=O)O)C2)ncn1. The molecule has 8 heteroatoms. The molecule has 1 aromatic heterocycles. The molecule has 1 N–H and O–H groups in total. The first-order chi connectivity index (χ1) is 11.5. The van der Waals surface area contributed by atoms with Crippen LogP contribution in [0.1, 0.15) is 12.8 Å². The van der Waals surface area contributed by atoms with E-state index in [1.54, 1.807) is 11.0 Å². The molecule has 2 saturated heterocycles. The number of ether oxygens (including phenoxy) is 1. The van der Waals surface area contributed by atoms with E-state index in [1.165, 1.54) is 13.4 Å². The van der Waals surface area contributed by atoms with Gasteiger partial charge in [-0.15, -0.1) is 0 Å². The molecule has 8 nitrogen and oxygen atoms in total. The van der Waals surface area contributed by atoms with Crippen molar-refractivity contribution in [2.75, 3.05) is 38.2 Å². The molecule has 3 aliphatic rings. The summed E-state index contributed by atoms with van der Waals surface area (Å²) in [4.78, 5) is 36.3. The molecule has 2 atom stereocenters. The van der Waals surface area contributed by atoms with Crippen LogP contribution in [0, 0.1) is 17.3 Å². The lowest BCUT2D eigenvalue weighted by atomic mass is 9.81. The van der Waals surface area contributed by atoms with Crippen LogP contribution < -0.4 is 9.64 Å². The molecule has 1 amide bonds. The van der Waals surface area contributed by atoms with Gasteiger partial charge in [0, 0.05) is 44.1 Å². The van der Waals surface area contributed by atoms with Crippen LogP contribution in [0.25, 0.3) is 0 Å². The van der Waals surface area contributed by atoms with Gasteiger partial charge >= 0.3 is 5.97 Å². The number of fused-ring (bicyclic) bond motifs is 1. The van der Waals surface area contributed by atoms with Gasteiger partial charge in [0.2, 0.25) is 11.8 Å². The van der Waals surface area contributed by atoms with Gasteiger partial charge in [-0.1, -0.05) is 0 Å². The number of carbonyl (C=O) groups excluding carboxylic acids is 1. The van der Waals surface area contributed by atoms with Gasteiger partial charge in [0.15, 0.2) is 0 Å². The van der Waals surface area contributed by atoms with E-state index in [4.69, 9.17) is 4.74 Å². The maximum Gasteiger partial charge on any atom is 0.313 e. The summed E-state index contributed by atoms with van der Waals surface area (Å²) in [6.45, 7) is 1.73. The third kappa shape index (κ3) is 2.28. The molecule has 128 valence electrons. The van der Waals surface area contributed by atoms with Gasteiger partial charge in [-0.25, -0.2) is 9.97 Å². The number of hydrogen-bond donors (Lipinski definition) is 1. The van der Waals surface area contributed by atoms with Crippen molar-refractivity contribution in [3.63, 3.8) is 0 Å². The van der Waals surface area contributed by atoms with Crippen molar-refractivity contribution < 1.29 is 19.4 Å². The van der Waals surface area contributed by atoms with Gasteiger partial charge in [0.1, 0.15) is 17.6 Å². The minimum atomic E-state index is -0.914. The van der Waals surface area contributed by atoms with Crippen molar-refractivity contribution in [1.29, 1.82) is 0 Å². The second-order valence-electron chi connectivity index (χ2n) is 6.95. The first-order valence-corrected chi connectivity index (χ1v) is 8.16. The highest BCUT2D eigenvalue weighted by Crippen LogP contribution is 2.45. The predicted octanol–water partition coefficient (Wildman–Crippen LogP) is 0.245. The van der Waals surface area contributed by atoms with Crippen LogP contribution in [0.4, 0.5) is 5.82 Å². The summed E-state index contributed by atoms with van der Waals surface area (Å²) >= 11 is 0. The summed E-state index contributed by atoms with van der Waals surface area (Å²) < 4.78 is 5.12. The van der Waals surface area contributed by atoms with Gasteiger partial charge in [-0.05, 0) is 12.8 Å². The Balaban J connectivity index is 1.56. The van der Waals surface area contributed by atoms with Crippen LogP contribution in [0.2, 0.25) is 0 Å². The molecule has 2 aliphatic heterocycles. The molecule has 3 heterocycles. The third-order valence-corrected chi connectivity index (χ3v) is 5.43. The minimum Gasteiger partial charge on any atom is -0.481 e. The number of anilines is 1. The molecule has 0 bridgehead atoms. The van der Waals surface area contributed by atoms with Crippen LogP contribution in [0.3, 0.4) is 0 Å². The summed E-state index contributed by atoms with van der Waals surface area (Å²) in [5.41, 5.74) is -0.914. The number of carboxylic acid groups (broad SMARTS) is 1. The van der Waals surface area contributed by atoms with E-state index in [0.717, 1.165) is 12.8 Å². The molecule has 3 fully saturated rings. The number of amides is 1. The Morgan fingerprint density at radius 2 is 2.08 bits per heavy atom. The van der Waals surface area contributed by atoms with Gasteiger partial charge < -0.3 is 19.6 Å². The van der Waals surface area contributed by atoms with Crippen molar-refractivity contribution in [1.82, 2.24) is 14.9 Å². The monoisotopic (exact) mass is 332 g/mol. The lowest BCUT2D eigenvalue weighted by molar-refractivity contribution is -0.148. The van der Waals surface area contributed by atoms with Crippen molar-refractivity contribution in [3.05, 3.63) is 12.4 Å². The van der Waals surface area contributed by atoms with Crippen LogP contribution >= 0.6 is 0 Å². The highest BCUT2D eigenvalue weighted by Gasteiger charge is 2.59. The molecule has 1 saturated carbocycles. The predicted molar refractivity (Wildman–Crippen MR) is 83.7 cm³/mol. The molecular formula is C16H20N4O4. The number of likely N-dealkylation sites (tertiary alicyclic amines) is 1. The molecular weight excluding hydrogens is 312 g/mol. The lowest BCUT2D eigenvalue weighted by Gasteiger charge is -2.26. The van der Waals surface area contributed by atoms with Gasteiger partial charge in [-0.2, -0.15) is 0 Å². The zero-order valence-electron chi connectivity index (χ0n) is 13.5. The fraction of sp³-hybridized carbons (Fsp3) is 0.625. The fourth-order valence-corrected chi connectivity index (χ4v) is 3.91. The second kappa shape index (κ2) is 5.32. The van der Waals surface area contributed by atoms with Crippen LogP contribution in [0.5, 0.6) is 5.88 Å². The summed E-state index contributed by atoms with van der Waals surface area (Å²) in [5, 5.41) is 9.87. The Morgan fingerprint density at radius 3 is 2.71 bits per heavy atom. The summed E-state index contributed by atoms with van der Waals surface area (Å²) in [7, 11) is 1.53. The zero-order valence-corrected chi connectivity index (χ0v) is 13.5. The molecule has 1 aromatic rings. The Hall–Kier alpha value is -2.38. The number of hydrogen-bond acceptors (Lipinski definition) is 6. The van der Waals surface area contributed by atoms with E-state index in [9.17, 15) is 14.7 Å². The first-order valence-electron chi connectivity index (χ1n) is 8.16. The van der Waals surface area contributed by atoms with E-state index in [1.807, 2.05) is 4.90 Å². The Bertz CT molecular complexity index is 692. The molecule has 24 heavy (non-hydrogen) atoms. The van der Waals surface area contributed by atoms with Gasteiger partial charge in [0.25, 0.3) is 0 Å². The van der Waals surface area contributed by atoms with Crippen molar-refractivity contribution in [2.45, 2.75) is 12.8 Å². The Kier molecular flexibility index (Phi) is 3.36. The second-order valence-corrected chi connectivity index (χ2v) is 6.95. The van der Waals surface area contributed by atoms with Gasteiger partial charge in [-0.3, -0.25) is 9.59 Å². The number of aromatic nitrogens is 2.